The molecule has 0 aliphatic carbocycles. The van der Waals surface area contributed by atoms with Crippen molar-refractivity contribution >= 4 is 0 Å². The maximum absolute atomic E-state index is 5.81. The van der Waals surface area contributed by atoms with Gasteiger partial charge in [-0.2, -0.15) is 0 Å². The number of nitrogens with one attached hydrogen (secondary N) is 1. The van der Waals surface area contributed by atoms with Crippen LogP contribution in [0.25, 0.3) is 0 Å². The molecule has 1 aromatic carbocycles. The molecule has 0 saturated heterocycles. The first-order valence-corrected chi connectivity index (χ1v) is 6.49. The van der Waals surface area contributed by atoms with Crippen molar-refractivity contribution in [3.63, 3.8) is 0 Å². The smallest absolute Gasteiger partial charge is 0.120 e. The number of pyridine rings is 1. The lowest BCUT2D eigenvalue weighted by atomic mass is 10.1. The Labute approximate surface area is 114 Å². The summed E-state index contributed by atoms with van der Waals surface area (Å²) in [5, 5.41) is 3.22. The van der Waals surface area contributed by atoms with Crippen LogP contribution in [0.15, 0.2) is 42.7 Å². The first-order chi connectivity index (χ1) is 9.19. The van der Waals surface area contributed by atoms with Crippen LogP contribution in [0.2, 0.25) is 0 Å². The van der Waals surface area contributed by atoms with Crippen LogP contribution in [0, 0.1) is 6.92 Å². The highest BCUT2D eigenvalue weighted by Gasteiger charge is 2.04. The number of nitrogens with zero attached hydrogens (tertiary/aromatic N) is 1. The fourth-order valence-electron chi connectivity index (χ4n) is 1.90. The van der Waals surface area contributed by atoms with Gasteiger partial charge in [0, 0.05) is 24.0 Å². The van der Waals surface area contributed by atoms with E-state index in [-0.39, 0.29) is 0 Å². The minimum Gasteiger partial charge on any atom is -0.489 e. The van der Waals surface area contributed by atoms with Crippen molar-refractivity contribution in [1.82, 2.24) is 10.3 Å². The summed E-state index contributed by atoms with van der Waals surface area (Å²) in [6.07, 6.45) is 3.69. The van der Waals surface area contributed by atoms with E-state index >= 15 is 0 Å². The number of aromatic nitrogens is 1. The van der Waals surface area contributed by atoms with Gasteiger partial charge in [0.05, 0.1) is 0 Å². The number of hydrogen-bond acceptors (Lipinski definition) is 3. The molecule has 1 atom stereocenters. The first kappa shape index (κ1) is 13.6. The second-order valence-electron chi connectivity index (χ2n) is 4.74. The van der Waals surface area contributed by atoms with Crippen molar-refractivity contribution in [2.45, 2.75) is 26.5 Å². The van der Waals surface area contributed by atoms with Gasteiger partial charge in [-0.3, -0.25) is 4.98 Å². The van der Waals surface area contributed by atoms with E-state index in [1.165, 1.54) is 5.56 Å². The molecule has 0 radical (unpaired) electrons. The molecule has 2 aromatic rings. The molecule has 1 aromatic heterocycles. The zero-order valence-corrected chi connectivity index (χ0v) is 11.7. The second-order valence-corrected chi connectivity index (χ2v) is 4.74. The van der Waals surface area contributed by atoms with Crippen LogP contribution < -0.4 is 10.1 Å². The maximum Gasteiger partial charge on any atom is 0.120 e. The molecule has 0 amide bonds. The van der Waals surface area contributed by atoms with Crippen LogP contribution in [0.3, 0.4) is 0 Å². The number of rotatable bonds is 5. The van der Waals surface area contributed by atoms with E-state index in [0.29, 0.717) is 12.6 Å². The van der Waals surface area contributed by atoms with Crippen molar-refractivity contribution in [1.29, 1.82) is 0 Å². The van der Waals surface area contributed by atoms with Gasteiger partial charge in [-0.05, 0) is 50.2 Å². The molecule has 1 N–H and O–H groups in total. The molecular formula is C16H20N2O. The van der Waals surface area contributed by atoms with E-state index < -0.39 is 0 Å². The Bertz CT molecular complexity index is 540. The van der Waals surface area contributed by atoms with Gasteiger partial charge in [-0.1, -0.05) is 12.1 Å². The van der Waals surface area contributed by atoms with E-state index in [4.69, 9.17) is 4.74 Å². The van der Waals surface area contributed by atoms with Gasteiger partial charge < -0.3 is 10.1 Å². The summed E-state index contributed by atoms with van der Waals surface area (Å²) in [5.74, 6) is 0.890. The third kappa shape index (κ3) is 3.80. The van der Waals surface area contributed by atoms with Gasteiger partial charge in [0.2, 0.25) is 0 Å². The molecule has 3 nitrogen and oxygen atoms in total. The van der Waals surface area contributed by atoms with Crippen molar-refractivity contribution in [2.24, 2.45) is 0 Å². The fourth-order valence-corrected chi connectivity index (χ4v) is 1.90. The lowest BCUT2D eigenvalue weighted by molar-refractivity contribution is 0.305. The van der Waals surface area contributed by atoms with E-state index in [9.17, 15) is 0 Å². The van der Waals surface area contributed by atoms with E-state index in [1.54, 1.807) is 0 Å². The molecule has 100 valence electrons. The van der Waals surface area contributed by atoms with Crippen LogP contribution in [-0.4, -0.2) is 12.0 Å². The summed E-state index contributed by atoms with van der Waals surface area (Å²) in [6.45, 7) is 4.71. The summed E-state index contributed by atoms with van der Waals surface area (Å²) in [5.41, 5.74) is 3.47. The molecular weight excluding hydrogens is 236 g/mol. The van der Waals surface area contributed by atoms with Crippen molar-refractivity contribution in [3.8, 4) is 5.75 Å². The predicted octanol–water partition coefficient (Wildman–Crippen LogP) is 3.25. The van der Waals surface area contributed by atoms with Crippen LogP contribution in [0.4, 0.5) is 0 Å². The fraction of sp³-hybridized carbons (Fsp3) is 0.312. The molecule has 0 bridgehead atoms. The summed E-state index contributed by atoms with van der Waals surface area (Å²) >= 11 is 0. The molecule has 0 spiro atoms. The van der Waals surface area contributed by atoms with Crippen molar-refractivity contribution < 1.29 is 4.74 Å². The van der Waals surface area contributed by atoms with Crippen LogP contribution >= 0.6 is 0 Å². The molecule has 1 heterocycles. The Hall–Kier alpha value is -1.87. The predicted molar refractivity (Wildman–Crippen MR) is 77.2 cm³/mol. The van der Waals surface area contributed by atoms with Gasteiger partial charge in [-0.25, -0.2) is 0 Å². The number of ether oxygens (including phenoxy) is 1. The van der Waals surface area contributed by atoms with Crippen LogP contribution in [0.1, 0.15) is 29.7 Å². The summed E-state index contributed by atoms with van der Waals surface area (Å²) in [4.78, 5) is 4.17. The summed E-state index contributed by atoms with van der Waals surface area (Å²) in [6, 6.07) is 10.6. The monoisotopic (exact) mass is 256 g/mol. The molecule has 0 saturated carbocycles. The minimum absolute atomic E-state index is 0.323. The number of aryl methyl sites for hydroxylation is 1. The second kappa shape index (κ2) is 6.34. The minimum atomic E-state index is 0.323. The maximum atomic E-state index is 5.81. The van der Waals surface area contributed by atoms with Crippen LogP contribution in [-0.2, 0) is 6.61 Å². The van der Waals surface area contributed by atoms with Crippen LogP contribution in [0.5, 0.6) is 5.75 Å². The first-order valence-electron chi connectivity index (χ1n) is 6.49. The normalized spacial score (nSPS) is 12.2. The Morgan fingerprint density at radius 2 is 2.11 bits per heavy atom. The Morgan fingerprint density at radius 1 is 1.26 bits per heavy atom. The summed E-state index contributed by atoms with van der Waals surface area (Å²) in [7, 11) is 1.95. The van der Waals surface area contributed by atoms with Gasteiger partial charge in [0.25, 0.3) is 0 Å². The van der Waals surface area contributed by atoms with E-state index in [2.05, 4.69) is 35.4 Å². The molecule has 2 rings (SSSR count). The largest absolute Gasteiger partial charge is 0.489 e. The lowest BCUT2D eigenvalue weighted by Crippen LogP contribution is -2.12. The third-order valence-corrected chi connectivity index (χ3v) is 3.13. The molecule has 0 aliphatic rings. The van der Waals surface area contributed by atoms with Gasteiger partial charge >= 0.3 is 0 Å². The van der Waals surface area contributed by atoms with E-state index in [0.717, 1.165) is 16.9 Å². The standard InChI is InChI=1S/C16H20N2O/c1-12-7-14(10-18-9-12)11-19-16-6-4-5-15(8-16)13(2)17-3/h4-10,13,17H,11H2,1-3H3. The average Bonchev–Trinajstić information content (AvgIpc) is 2.45. The van der Waals surface area contributed by atoms with Crippen molar-refractivity contribution in [2.75, 3.05) is 7.05 Å². The Balaban J connectivity index is 2.03. The number of hydrogen-bond donors (Lipinski definition) is 1. The van der Waals surface area contributed by atoms with Gasteiger partial charge in [0.15, 0.2) is 0 Å². The molecule has 19 heavy (non-hydrogen) atoms. The third-order valence-electron chi connectivity index (χ3n) is 3.13. The van der Waals surface area contributed by atoms with Gasteiger partial charge in [-0.15, -0.1) is 0 Å². The van der Waals surface area contributed by atoms with Crippen molar-refractivity contribution in [3.05, 3.63) is 59.4 Å². The Morgan fingerprint density at radius 3 is 2.84 bits per heavy atom. The van der Waals surface area contributed by atoms with Gasteiger partial charge in [0.1, 0.15) is 12.4 Å². The highest BCUT2D eigenvalue weighted by Crippen LogP contribution is 2.19. The SMILES string of the molecule is CNC(C)c1cccc(OCc2cncc(C)c2)c1. The molecule has 0 aliphatic heterocycles. The lowest BCUT2D eigenvalue weighted by Gasteiger charge is -2.12. The summed E-state index contributed by atoms with van der Waals surface area (Å²) < 4.78 is 5.81. The average molecular weight is 256 g/mol. The Kier molecular flexibility index (Phi) is 4.53. The molecule has 1 unspecified atom stereocenters. The quantitative estimate of drug-likeness (QED) is 0.891. The zero-order chi connectivity index (χ0) is 13.7. The highest BCUT2D eigenvalue weighted by atomic mass is 16.5. The van der Waals surface area contributed by atoms with E-state index in [1.807, 2.05) is 38.5 Å². The zero-order valence-electron chi connectivity index (χ0n) is 11.7. The molecule has 0 fully saturated rings. The molecule has 3 heteroatoms. The highest BCUT2D eigenvalue weighted by molar-refractivity contribution is 5.30. The topological polar surface area (TPSA) is 34.1 Å². The number of benzene rings is 1.